The number of hydrogen-bond donors (Lipinski definition) is 0. The maximum Gasteiger partial charge on any atom is 0.225 e. The molecular weight excluding hydrogens is 390 g/mol. The number of benzene rings is 1. The largest absolute Gasteiger partial charge is 0.494 e. The molecule has 0 amide bonds. The molecule has 0 spiro atoms. The van der Waals surface area contributed by atoms with Crippen molar-refractivity contribution in [2.75, 3.05) is 44.4 Å². The average molecular weight is 418 g/mol. The Labute approximate surface area is 176 Å². The van der Waals surface area contributed by atoms with Gasteiger partial charge in [0.15, 0.2) is 12.3 Å². The summed E-state index contributed by atoms with van der Waals surface area (Å²) < 4.78 is 22.4. The van der Waals surface area contributed by atoms with Gasteiger partial charge < -0.3 is 14.4 Å². The Balaban J connectivity index is 1.09. The molecule has 1 aromatic carbocycles. The standard InChI is InChI=1S/C21H27N3O4S/c1-9-22-21(23-10-1)24-11-7-20(8-12-24)26-14-2-13-25-19-5-3-17(4-6-19)18-15-27-29-28-16-18/h1,3-6,9-10,18,20H,2,7-8,11-16H2. The van der Waals surface area contributed by atoms with E-state index >= 15 is 0 Å². The molecule has 7 nitrogen and oxygen atoms in total. The summed E-state index contributed by atoms with van der Waals surface area (Å²) >= 11 is 1.08. The van der Waals surface area contributed by atoms with Crippen molar-refractivity contribution in [2.24, 2.45) is 0 Å². The minimum Gasteiger partial charge on any atom is -0.494 e. The Morgan fingerprint density at radius 1 is 1.00 bits per heavy atom. The molecule has 0 N–H and O–H groups in total. The molecule has 2 aliphatic rings. The van der Waals surface area contributed by atoms with Crippen molar-refractivity contribution in [2.45, 2.75) is 31.3 Å². The first-order chi connectivity index (χ1) is 14.4. The molecule has 4 rings (SSSR count). The third-order valence-corrected chi connectivity index (χ3v) is 5.64. The van der Waals surface area contributed by atoms with Gasteiger partial charge in [0.05, 0.1) is 32.5 Å². The van der Waals surface area contributed by atoms with Crippen LogP contribution in [0.4, 0.5) is 5.95 Å². The Morgan fingerprint density at radius 2 is 1.72 bits per heavy atom. The molecular formula is C21H27N3O4S. The first-order valence-electron chi connectivity index (χ1n) is 10.2. The van der Waals surface area contributed by atoms with Gasteiger partial charge >= 0.3 is 0 Å². The van der Waals surface area contributed by atoms with Crippen LogP contribution in [0.25, 0.3) is 0 Å². The Hall–Kier alpha value is -1.87. The minimum atomic E-state index is 0.290. The van der Waals surface area contributed by atoms with Crippen LogP contribution in [0.1, 0.15) is 30.7 Å². The molecule has 29 heavy (non-hydrogen) atoms. The van der Waals surface area contributed by atoms with Crippen LogP contribution in [0.3, 0.4) is 0 Å². The molecule has 0 bridgehead atoms. The van der Waals surface area contributed by atoms with E-state index in [2.05, 4.69) is 27.0 Å². The van der Waals surface area contributed by atoms with E-state index in [-0.39, 0.29) is 0 Å². The molecule has 0 radical (unpaired) electrons. The van der Waals surface area contributed by atoms with Crippen LogP contribution in [-0.2, 0) is 13.1 Å². The normalized spacial score (nSPS) is 18.7. The van der Waals surface area contributed by atoms with Crippen LogP contribution in [0.5, 0.6) is 5.75 Å². The lowest BCUT2D eigenvalue weighted by atomic mass is 10.0. The maximum absolute atomic E-state index is 6.03. The molecule has 2 fully saturated rings. The fourth-order valence-electron chi connectivity index (χ4n) is 3.51. The highest BCUT2D eigenvalue weighted by Crippen LogP contribution is 2.27. The highest BCUT2D eigenvalue weighted by Gasteiger charge is 2.21. The van der Waals surface area contributed by atoms with Crippen molar-refractivity contribution < 1.29 is 17.8 Å². The van der Waals surface area contributed by atoms with E-state index in [9.17, 15) is 0 Å². The lowest BCUT2D eigenvalue weighted by molar-refractivity contribution is 0.0305. The van der Waals surface area contributed by atoms with Crippen molar-refractivity contribution in [1.82, 2.24) is 9.97 Å². The smallest absolute Gasteiger partial charge is 0.225 e. The molecule has 2 aliphatic heterocycles. The second-order valence-corrected chi connectivity index (χ2v) is 7.82. The minimum absolute atomic E-state index is 0.290. The highest BCUT2D eigenvalue weighted by molar-refractivity contribution is 7.89. The summed E-state index contributed by atoms with van der Waals surface area (Å²) in [4.78, 5) is 10.9. The molecule has 0 saturated carbocycles. The van der Waals surface area contributed by atoms with E-state index < -0.39 is 0 Å². The third kappa shape index (κ3) is 6.05. The number of rotatable bonds is 8. The number of ether oxygens (including phenoxy) is 2. The fraction of sp³-hybridized carbons (Fsp3) is 0.524. The summed E-state index contributed by atoms with van der Waals surface area (Å²) in [5, 5.41) is 0. The van der Waals surface area contributed by atoms with Gasteiger partial charge in [-0.05, 0) is 36.6 Å². The van der Waals surface area contributed by atoms with Gasteiger partial charge in [0.1, 0.15) is 5.75 Å². The van der Waals surface area contributed by atoms with E-state index in [4.69, 9.17) is 17.8 Å². The van der Waals surface area contributed by atoms with Crippen LogP contribution >= 0.6 is 12.3 Å². The maximum atomic E-state index is 6.03. The van der Waals surface area contributed by atoms with E-state index in [1.54, 1.807) is 12.4 Å². The fourth-order valence-corrected chi connectivity index (χ4v) is 4.01. The molecule has 2 aromatic rings. The predicted molar refractivity (Wildman–Crippen MR) is 112 cm³/mol. The van der Waals surface area contributed by atoms with E-state index in [0.29, 0.717) is 31.8 Å². The zero-order chi connectivity index (χ0) is 19.7. The van der Waals surface area contributed by atoms with E-state index in [0.717, 1.165) is 63.0 Å². The first-order valence-corrected chi connectivity index (χ1v) is 10.8. The number of hydrogen-bond acceptors (Lipinski definition) is 8. The summed E-state index contributed by atoms with van der Waals surface area (Å²) in [5.41, 5.74) is 1.22. The summed E-state index contributed by atoms with van der Waals surface area (Å²) in [6, 6.07) is 10.0. The van der Waals surface area contributed by atoms with E-state index in [1.165, 1.54) is 5.56 Å². The zero-order valence-electron chi connectivity index (χ0n) is 16.4. The molecule has 0 aliphatic carbocycles. The SMILES string of the molecule is c1cnc(N2CCC(OCCCOc3ccc(C4COSOC4)cc3)CC2)nc1. The first kappa shape index (κ1) is 20.4. The third-order valence-electron chi connectivity index (χ3n) is 5.17. The Morgan fingerprint density at radius 3 is 2.45 bits per heavy atom. The lowest BCUT2D eigenvalue weighted by Gasteiger charge is -2.31. The van der Waals surface area contributed by atoms with Crippen LogP contribution in [-0.4, -0.2) is 55.6 Å². The van der Waals surface area contributed by atoms with Crippen molar-refractivity contribution >= 4 is 18.3 Å². The van der Waals surface area contributed by atoms with Gasteiger partial charge in [0, 0.05) is 37.8 Å². The molecule has 0 atom stereocenters. The van der Waals surface area contributed by atoms with Crippen molar-refractivity contribution in [3.63, 3.8) is 0 Å². The number of aromatic nitrogens is 2. The number of piperidine rings is 1. The van der Waals surface area contributed by atoms with Gasteiger partial charge in [-0.1, -0.05) is 12.1 Å². The molecule has 1 aromatic heterocycles. The topological polar surface area (TPSA) is 65.9 Å². The van der Waals surface area contributed by atoms with Gasteiger partial charge in [0.25, 0.3) is 0 Å². The van der Waals surface area contributed by atoms with Crippen molar-refractivity contribution in [3.8, 4) is 5.75 Å². The van der Waals surface area contributed by atoms with Gasteiger partial charge in [-0.15, -0.1) is 0 Å². The summed E-state index contributed by atoms with van der Waals surface area (Å²) in [5.74, 6) is 1.99. The van der Waals surface area contributed by atoms with Crippen molar-refractivity contribution in [1.29, 1.82) is 0 Å². The Bertz CT molecular complexity index is 720. The van der Waals surface area contributed by atoms with Crippen molar-refractivity contribution in [3.05, 3.63) is 48.3 Å². The van der Waals surface area contributed by atoms with Gasteiger partial charge in [-0.3, -0.25) is 8.37 Å². The van der Waals surface area contributed by atoms with Crippen LogP contribution in [0.2, 0.25) is 0 Å². The van der Waals surface area contributed by atoms with Gasteiger partial charge in [-0.25, -0.2) is 9.97 Å². The number of nitrogens with zero attached hydrogens (tertiary/aromatic N) is 3. The molecule has 0 unspecified atom stereocenters. The second kappa shape index (κ2) is 10.8. The summed E-state index contributed by atoms with van der Waals surface area (Å²) in [7, 11) is 0. The van der Waals surface area contributed by atoms with Crippen LogP contribution < -0.4 is 9.64 Å². The highest BCUT2D eigenvalue weighted by atomic mass is 32.2. The van der Waals surface area contributed by atoms with Gasteiger partial charge in [0.2, 0.25) is 5.95 Å². The predicted octanol–water partition coefficient (Wildman–Crippen LogP) is 3.62. The second-order valence-electron chi connectivity index (χ2n) is 7.21. The average Bonchev–Trinajstić information content (AvgIpc) is 2.81. The lowest BCUT2D eigenvalue weighted by Crippen LogP contribution is -2.38. The molecule has 3 heterocycles. The van der Waals surface area contributed by atoms with E-state index in [1.807, 2.05) is 18.2 Å². The van der Waals surface area contributed by atoms with Crippen LogP contribution in [0.15, 0.2) is 42.7 Å². The van der Waals surface area contributed by atoms with Crippen LogP contribution in [0, 0.1) is 0 Å². The quantitative estimate of drug-likeness (QED) is 0.477. The zero-order valence-corrected chi connectivity index (χ0v) is 17.3. The summed E-state index contributed by atoms with van der Waals surface area (Å²) in [6.45, 7) is 4.61. The summed E-state index contributed by atoms with van der Waals surface area (Å²) in [6.07, 6.45) is 6.78. The number of anilines is 1. The Kier molecular flexibility index (Phi) is 7.58. The molecule has 8 heteroatoms. The molecule has 156 valence electrons. The van der Waals surface area contributed by atoms with Gasteiger partial charge in [-0.2, -0.15) is 0 Å². The monoisotopic (exact) mass is 417 g/mol. The molecule has 2 saturated heterocycles.